The molecule has 4 N–H and O–H groups in total. The molecule has 0 radical (unpaired) electrons. The van der Waals surface area contributed by atoms with Gasteiger partial charge in [-0.25, -0.2) is 14.6 Å². The molecule has 0 saturated heterocycles. The van der Waals surface area contributed by atoms with Crippen LogP contribution in [0, 0.1) is 6.92 Å². The number of thiazole rings is 1. The smallest absolute Gasteiger partial charge is 0.347 e. The third-order valence-corrected chi connectivity index (χ3v) is 3.59. The Kier molecular flexibility index (Phi) is 6.60. The molecule has 1 heterocycles. The lowest BCUT2D eigenvalue weighted by molar-refractivity contribution is -0.120. The summed E-state index contributed by atoms with van der Waals surface area (Å²) in [5, 5.41) is 17.1. The number of carboxylic acid groups (broad SMARTS) is 1. The molecule has 8 nitrogen and oxygen atoms in total. The van der Waals surface area contributed by atoms with Crippen LogP contribution in [0.3, 0.4) is 0 Å². The quantitative estimate of drug-likeness (QED) is 0.583. The molecule has 0 atom stereocenters. The van der Waals surface area contributed by atoms with Crippen LogP contribution in [-0.4, -0.2) is 41.1 Å². The number of carbonyl (C=O) groups excluding carboxylic acids is 2. The molecule has 116 valence electrons. The van der Waals surface area contributed by atoms with Crippen LogP contribution in [0.1, 0.15) is 33.7 Å². The van der Waals surface area contributed by atoms with Gasteiger partial charge in [0.25, 0.3) is 0 Å². The summed E-state index contributed by atoms with van der Waals surface area (Å²) in [5.74, 6) is -1.15. The number of hydrogen-bond donors (Lipinski definition) is 4. The van der Waals surface area contributed by atoms with Gasteiger partial charge in [0, 0.05) is 19.5 Å². The van der Waals surface area contributed by atoms with E-state index in [0.717, 1.165) is 11.3 Å². The van der Waals surface area contributed by atoms with Gasteiger partial charge in [-0.3, -0.25) is 4.79 Å². The molecular weight excluding hydrogens is 296 g/mol. The zero-order valence-corrected chi connectivity index (χ0v) is 12.7. The first-order valence-corrected chi connectivity index (χ1v) is 7.23. The Morgan fingerprint density at radius 2 is 1.95 bits per heavy atom. The molecule has 0 aliphatic rings. The normalized spacial score (nSPS) is 10.0. The maximum Gasteiger partial charge on any atom is 0.347 e. The van der Waals surface area contributed by atoms with Crippen molar-refractivity contribution in [2.45, 2.75) is 26.8 Å². The van der Waals surface area contributed by atoms with Crippen molar-refractivity contribution in [1.29, 1.82) is 0 Å². The summed E-state index contributed by atoms with van der Waals surface area (Å²) in [6.07, 6.45) is 0.209. The SMILES string of the molecule is CCNC(=O)CCNC(=O)NCc1nc(C)c(C(=O)O)s1. The molecule has 0 fully saturated rings. The highest BCUT2D eigenvalue weighted by atomic mass is 32.1. The number of carbonyl (C=O) groups is 3. The number of rotatable bonds is 7. The molecule has 0 spiro atoms. The van der Waals surface area contributed by atoms with Crippen molar-refractivity contribution < 1.29 is 19.5 Å². The first-order chi connectivity index (χ1) is 9.93. The lowest BCUT2D eigenvalue weighted by Crippen LogP contribution is -2.37. The average Bonchev–Trinajstić information content (AvgIpc) is 2.78. The Morgan fingerprint density at radius 1 is 1.24 bits per heavy atom. The number of amides is 3. The molecule has 0 aliphatic carbocycles. The Morgan fingerprint density at radius 3 is 2.52 bits per heavy atom. The highest BCUT2D eigenvalue weighted by Gasteiger charge is 2.14. The second-order valence-corrected chi connectivity index (χ2v) is 5.22. The van der Waals surface area contributed by atoms with Crippen molar-refractivity contribution in [2.75, 3.05) is 13.1 Å². The Balaban J connectivity index is 2.31. The van der Waals surface area contributed by atoms with E-state index in [1.807, 2.05) is 6.92 Å². The average molecular weight is 314 g/mol. The molecule has 1 aromatic rings. The lowest BCUT2D eigenvalue weighted by atomic mass is 10.4. The molecular formula is C12H18N4O4S. The van der Waals surface area contributed by atoms with E-state index < -0.39 is 12.0 Å². The molecule has 0 bridgehead atoms. The number of urea groups is 1. The minimum Gasteiger partial charge on any atom is -0.477 e. The minimum atomic E-state index is -1.03. The summed E-state index contributed by atoms with van der Waals surface area (Å²) >= 11 is 1.03. The molecule has 0 aliphatic heterocycles. The van der Waals surface area contributed by atoms with E-state index in [-0.39, 0.29) is 30.3 Å². The van der Waals surface area contributed by atoms with E-state index in [2.05, 4.69) is 20.9 Å². The predicted octanol–water partition coefficient (Wildman–Crippen LogP) is 0.475. The number of aromatic nitrogens is 1. The summed E-state index contributed by atoms with van der Waals surface area (Å²) in [7, 11) is 0. The van der Waals surface area contributed by atoms with Crippen LogP contribution in [0.5, 0.6) is 0 Å². The van der Waals surface area contributed by atoms with Crippen molar-refractivity contribution in [3.05, 3.63) is 15.6 Å². The van der Waals surface area contributed by atoms with Gasteiger partial charge in [-0.05, 0) is 13.8 Å². The third-order valence-electron chi connectivity index (χ3n) is 2.45. The Hall–Kier alpha value is -2.16. The fourth-order valence-corrected chi connectivity index (χ4v) is 2.36. The van der Waals surface area contributed by atoms with Gasteiger partial charge >= 0.3 is 12.0 Å². The minimum absolute atomic E-state index is 0.126. The van der Waals surface area contributed by atoms with Gasteiger partial charge in [0.1, 0.15) is 9.88 Å². The van der Waals surface area contributed by atoms with Gasteiger partial charge in [0.15, 0.2) is 0 Å². The van der Waals surface area contributed by atoms with E-state index in [1.54, 1.807) is 6.92 Å². The van der Waals surface area contributed by atoms with Gasteiger partial charge in [-0.15, -0.1) is 11.3 Å². The Labute approximate surface area is 126 Å². The maximum absolute atomic E-state index is 11.5. The summed E-state index contributed by atoms with van der Waals surface area (Å²) in [4.78, 5) is 37.8. The monoisotopic (exact) mass is 314 g/mol. The maximum atomic E-state index is 11.5. The molecule has 0 saturated carbocycles. The fraction of sp³-hybridized carbons (Fsp3) is 0.500. The fourth-order valence-electron chi connectivity index (χ4n) is 1.52. The van der Waals surface area contributed by atoms with Crippen LogP contribution in [-0.2, 0) is 11.3 Å². The number of nitrogens with zero attached hydrogens (tertiary/aromatic N) is 1. The predicted molar refractivity (Wildman–Crippen MR) is 77.3 cm³/mol. The highest BCUT2D eigenvalue weighted by Crippen LogP contribution is 2.17. The lowest BCUT2D eigenvalue weighted by Gasteiger charge is -2.06. The Bertz CT molecular complexity index is 529. The van der Waals surface area contributed by atoms with E-state index in [9.17, 15) is 14.4 Å². The highest BCUT2D eigenvalue weighted by molar-refractivity contribution is 7.13. The second-order valence-electron chi connectivity index (χ2n) is 4.14. The van der Waals surface area contributed by atoms with Crippen LogP contribution in [0.15, 0.2) is 0 Å². The van der Waals surface area contributed by atoms with Crippen molar-refractivity contribution >= 4 is 29.2 Å². The van der Waals surface area contributed by atoms with Crippen LogP contribution in [0.25, 0.3) is 0 Å². The van der Waals surface area contributed by atoms with Crippen LogP contribution in [0.2, 0.25) is 0 Å². The van der Waals surface area contributed by atoms with Crippen molar-refractivity contribution in [2.24, 2.45) is 0 Å². The first kappa shape index (κ1) is 16.9. The van der Waals surface area contributed by atoms with E-state index in [0.29, 0.717) is 17.2 Å². The van der Waals surface area contributed by atoms with Crippen molar-refractivity contribution in [1.82, 2.24) is 20.9 Å². The van der Waals surface area contributed by atoms with Crippen LogP contribution in [0.4, 0.5) is 4.79 Å². The summed E-state index contributed by atoms with van der Waals surface area (Å²) in [6, 6.07) is -0.427. The third kappa shape index (κ3) is 5.78. The number of carboxylic acids is 1. The van der Waals surface area contributed by atoms with Gasteiger partial charge < -0.3 is 21.1 Å². The van der Waals surface area contributed by atoms with Gasteiger partial charge in [-0.1, -0.05) is 0 Å². The molecule has 0 aromatic carbocycles. The zero-order valence-electron chi connectivity index (χ0n) is 11.9. The topological polar surface area (TPSA) is 120 Å². The van der Waals surface area contributed by atoms with Gasteiger partial charge in [0.2, 0.25) is 5.91 Å². The molecule has 9 heteroatoms. The van der Waals surface area contributed by atoms with Crippen molar-refractivity contribution in [3.63, 3.8) is 0 Å². The molecule has 1 rings (SSSR count). The number of nitrogens with one attached hydrogen (secondary N) is 3. The largest absolute Gasteiger partial charge is 0.477 e. The molecule has 1 aromatic heterocycles. The van der Waals surface area contributed by atoms with E-state index in [4.69, 9.17) is 5.11 Å². The molecule has 0 unspecified atom stereocenters. The van der Waals surface area contributed by atoms with Crippen LogP contribution < -0.4 is 16.0 Å². The number of aryl methyl sites for hydroxylation is 1. The van der Waals surface area contributed by atoms with Crippen LogP contribution >= 0.6 is 11.3 Å². The number of hydrogen-bond acceptors (Lipinski definition) is 5. The molecule has 21 heavy (non-hydrogen) atoms. The van der Waals surface area contributed by atoms with Gasteiger partial charge in [0.05, 0.1) is 12.2 Å². The standard InChI is InChI=1S/C12H18N4O4S/c1-3-13-8(17)4-5-14-12(20)15-6-9-16-7(2)10(21-9)11(18)19/h3-6H2,1-2H3,(H,13,17)(H,18,19)(H2,14,15,20). The molecule has 3 amide bonds. The number of aromatic carboxylic acids is 1. The van der Waals surface area contributed by atoms with E-state index >= 15 is 0 Å². The second kappa shape index (κ2) is 8.20. The van der Waals surface area contributed by atoms with E-state index in [1.165, 1.54) is 0 Å². The van der Waals surface area contributed by atoms with Crippen molar-refractivity contribution in [3.8, 4) is 0 Å². The zero-order chi connectivity index (χ0) is 15.8. The first-order valence-electron chi connectivity index (χ1n) is 6.42. The summed E-state index contributed by atoms with van der Waals surface area (Å²) in [6.45, 7) is 4.36. The summed E-state index contributed by atoms with van der Waals surface area (Å²) < 4.78 is 0. The van der Waals surface area contributed by atoms with Gasteiger partial charge in [-0.2, -0.15) is 0 Å². The summed E-state index contributed by atoms with van der Waals surface area (Å²) in [5.41, 5.74) is 0.431.